The summed E-state index contributed by atoms with van der Waals surface area (Å²) in [5, 5.41) is 2.39. The first-order valence-electron chi connectivity index (χ1n) is 9.04. The van der Waals surface area contributed by atoms with E-state index in [1.54, 1.807) is 45.0 Å². The van der Waals surface area contributed by atoms with Gasteiger partial charge in [0.2, 0.25) is 0 Å². The molecule has 1 aromatic carbocycles. The molecule has 10 heteroatoms. The van der Waals surface area contributed by atoms with Crippen LogP contribution >= 0.6 is 0 Å². The second-order valence-electron chi connectivity index (χ2n) is 7.09. The van der Waals surface area contributed by atoms with Crippen LogP contribution in [0.25, 0.3) is 0 Å². The summed E-state index contributed by atoms with van der Waals surface area (Å²) >= 11 is 0. The van der Waals surface area contributed by atoms with Crippen LogP contribution in [0.15, 0.2) is 35.3 Å². The average molecular weight is 408 g/mol. The van der Waals surface area contributed by atoms with Gasteiger partial charge in [0.15, 0.2) is 5.96 Å². The fourth-order valence-corrected chi connectivity index (χ4v) is 2.08. The van der Waals surface area contributed by atoms with Gasteiger partial charge in [0.25, 0.3) is 0 Å². The van der Waals surface area contributed by atoms with E-state index >= 15 is 0 Å². The van der Waals surface area contributed by atoms with Gasteiger partial charge in [-0.3, -0.25) is 4.99 Å². The van der Waals surface area contributed by atoms with Gasteiger partial charge in [-0.2, -0.15) is 0 Å². The number of carbonyl (C=O) groups excluding carboxylic acids is 3. The highest BCUT2D eigenvalue weighted by atomic mass is 16.7. The molecule has 0 aliphatic rings. The van der Waals surface area contributed by atoms with Crippen molar-refractivity contribution in [2.45, 2.75) is 51.9 Å². The second-order valence-corrected chi connectivity index (χ2v) is 7.09. The molecular formula is C19H28N4O6. The molecular weight excluding hydrogens is 380 g/mol. The SMILES string of the molecule is CC(C)(C)OC(=O)OC(=O)[C@H](CCCN=C(N)N)NC(=O)OCc1ccccc1. The van der Waals surface area contributed by atoms with Crippen LogP contribution in [0.2, 0.25) is 0 Å². The predicted molar refractivity (Wildman–Crippen MR) is 106 cm³/mol. The van der Waals surface area contributed by atoms with Crippen molar-refractivity contribution in [2.75, 3.05) is 6.54 Å². The van der Waals surface area contributed by atoms with Crippen LogP contribution in [0.3, 0.4) is 0 Å². The number of guanidine groups is 1. The zero-order valence-corrected chi connectivity index (χ0v) is 16.8. The third kappa shape index (κ3) is 11.2. The molecule has 10 nitrogen and oxygen atoms in total. The number of ether oxygens (including phenoxy) is 3. The Bertz CT molecular complexity index is 711. The van der Waals surface area contributed by atoms with E-state index in [9.17, 15) is 14.4 Å². The third-order valence-electron chi connectivity index (χ3n) is 3.31. The number of nitrogens with two attached hydrogens (primary N) is 2. The van der Waals surface area contributed by atoms with Crippen LogP contribution in [0.4, 0.5) is 9.59 Å². The minimum Gasteiger partial charge on any atom is -0.445 e. The molecule has 1 rings (SSSR count). The summed E-state index contributed by atoms with van der Waals surface area (Å²) in [6.45, 7) is 5.15. The molecule has 1 atom stereocenters. The minimum absolute atomic E-state index is 0.0223. The normalized spacial score (nSPS) is 11.7. The lowest BCUT2D eigenvalue weighted by molar-refractivity contribution is -0.144. The molecule has 0 saturated heterocycles. The quantitative estimate of drug-likeness (QED) is 0.193. The Kier molecular flexibility index (Phi) is 9.43. The zero-order chi connectivity index (χ0) is 21.9. The van der Waals surface area contributed by atoms with Crippen LogP contribution in [-0.4, -0.2) is 42.4 Å². The second kappa shape index (κ2) is 11.5. The number of nitrogens with zero attached hydrogens (tertiary/aromatic N) is 1. The Balaban J connectivity index is 2.65. The number of hydrogen-bond donors (Lipinski definition) is 3. The van der Waals surface area contributed by atoms with E-state index in [4.69, 9.17) is 20.9 Å². The maximum atomic E-state index is 12.3. The highest BCUT2D eigenvalue weighted by molar-refractivity contribution is 5.88. The molecule has 0 aromatic heterocycles. The fraction of sp³-hybridized carbons (Fsp3) is 0.474. The molecule has 1 aromatic rings. The molecule has 0 radical (unpaired) electrons. The van der Waals surface area contributed by atoms with Crippen LogP contribution in [0, 0.1) is 0 Å². The molecule has 160 valence electrons. The number of esters is 1. The number of alkyl carbamates (subject to hydrolysis) is 1. The lowest BCUT2D eigenvalue weighted by Gasteiger charge is -2.20. The van der Waals surface area contributed by atoms with Gasteiger partial charge in [-0.1, -0.05) is 30.3 Å². The van der Waals surface area contributed by atoms with Crippen molar-refractivity contribution in [3.63, 3.8) is 0 Å². The number of amides is 1. The van der Waals surface area contributed by atoms with Gasteiger partial charge in [0.1, 0.15) is 18.2 Å². The third-order valence-corrected chi connectivity index (χ3v) is 3.31. The molecule has 0 bridgehead atoms. The summed E-state index contributed by atoms with van der Waals surface area (Å²) in [7, 11) is 0. The smallest absolute Gasteiger partial charge is 0.445 e. The van der Waals surface area contributed by atoms with E-state index in [0.717, 1.165) is 5.56 Å². The van der Waals surface area contributed by atoms with Crippen molar-refractivity contribution in [3.8, 4) is 0 Å². The number of hydrogen-bond acceptors (Lipinski definition) is 7. The number of nitrogens with one attached hydrogen (secondary N) is 1. The first-order chi connectivity index (χ1) is 13.6. The Hall–Kier alpha value is -3.30. The van der Waals surface area contributed by atoms with Crippen LogP contribution in [0.1, 0.15) is 39.2 Å². The largest absolute Gasteiger partial charge is 0.516 e. The van der Waals surface area contributed by atoms with Gasteiger partial charge >= 0.3 is 18.2 Å². The van der Waals surface area contributed by atoms with Crippen molar-refractivity contribution >= 4 is 24.2 Å². The highest BCUT2D eigenvalue weighted by Gasteiger charge is 2.27. The maximum Gasteiger partial charge on any atom is 0.516 e. The van der Waals surface area contributed by atoms with Crippen LogP contribution < -0.4 is 16.8 Å². The predicted octanol–water partition coefficient (Wildman–Crippen LogP) is 1.81. The monoisotopic (exact) mass is 408 g/mol. The average Bonchev–Trinajstić information content (AvgIpc) is 2.61. The van der Waals surface area contributed by atoms with Crippen molar-refractivity contribution in [1.29, 1.82) is 0 Å². The van der Waals surface area contributed by atoms with Gasteiger partial charge in [0, 0.05) is 6.54 Å². The number of benzene rings is 1. The molecule has 0 unspecified atom stereocenters. The highest BCUT2D eigenvalue weighted by Crippen LogP contribution is 2.10. The number of aliphatic imine (C=N–C) groups is 1. The first-order valence-corrected chi connectivity index (χ1v) is 9.04. The molecule has 0 saturated carbocycles. The van der Waals surface area contributed by atoms with Crippen molar-refractivity contribution < 1.29 is 28.6 Å². The molecule has 1 amide bonds. The van der Waals surface area contributed by atoms with E-state index in [0.29, 0.717) is 6.42 Å². The molecule has 5 N–H and O–H groups in total. The van der Waals surface area contributed by atoms with E-state index in [2.05, 4.69) is 15.0 Å². The van der Waals surface area contributed by atoms with Gasteiger partial charge in [0.05, 0.1) is 0 Å². The van der Waals surface area contributed by atoms with E-state index in [-0.39, 0.29) is 25.5 Å². The summed E-state index contributed by atoms with van der Waals surface area (Å²) in [5.74, 6) is -1.06. The molecule has 0 spiro atoms. The number of rotatable bonds is 8. The Labute approximate surface area is 169 Å². The minimum atomic E-state index is -1.16. The summed E-state index contributed by atoms with van der Waals surface area (Å²) in [4.78, 5) is 39.9. The topological polar surface area (TPSA) is 155 Å². The maximum absolute atomic E-state index is 12.3. The molecule has 0 aliphatic carbocycles. The molecule has 29 heavy (non-hydrogen) atoms. The zero-order valence-electron chi connectivity index (χ0n) is 16.8. The van der Waals surface area contributed by atoms with Gasteiger partial charge in [-0.25, -0.2) is 14.4 Å². The molecule has 0 aliphatic heterocycles. The van der Waals surface area contributed by atoms with Crippen LogP contribution in [0.5, 0.6) is 0 Å². The van der Waals surface area contributed by atoms with Gasteiger partial charge < -0.3 is 31.0 Å². The Morgan fingerprint density at radius 1 is 1.14 bits per heavy atom. The lowest BCUT2D eigenvalue weighted by Crippen LogP contribution is -2.43. The van der Waals surface area contributed by atoms with E-state index in [1.807, 2.05) is 6.07 Å². The summed E-state index contributed by atoms with van der Waals surface area (Å²) < 4.78 is 14.7. The van der Waals surface area contributed by atoms with Crippen molar-refractivity contribution in [2.24, 2.45) is 16.5 Å². The number of carbonyl (C=O) groups is 3. The van der Waals surface area contributed by atoms with E-state index in [1.165, 1.54) is 0 Å². The van der Waals surface area contributed by atoms with E-state index < -0.39 is 29.9 Å². The standard InChI is InChI=1S/C19H28N4O6/c1-19(2,3)29-18(26)28-15(24)14(10-7-11-22-16(20)21)23-17(25)27-12-13-8-5-4-6-9-13/h4-6,8-9,14H,7,10-12H2,1-3H3,(H,23,25)(H4,20,21,22)/t14-/m0/s1. The lowest BCUT2D eigenvalue weighted by atomic mass is 10.1. The summed E-state index contributed by atoms with van der Waals surface area (Å²) in [6.07, 6.45) is -1.51. The van der Waals surface area contributed by atoms with Crippen molar-refractivity contribution in [3.05, 3.63) is 35.9 Å². The fourth-order valence-electron chi connectivity index (χ4n) is 2.08. The molecule has 0 fully saturated rings. The van der Waals surface area contributed by atoms with Gasteiger partial charge in [-0.05, 0) is 39.2 Å². The molecule has 0 heterocycles. The van der Waals surface area contributed by atoms with Gasteiger partial charge in [-0.15, -0.1) is 0 Å². The first kappa shape index (κ1) is 23.7. The van der Waals surface area contributed by atoms with Crippen LogP contribution in [-0.2, 0) is 25.6 Å². The summed E-state index contributed by atoms with van der Waals surface area (Å²) in [5.41, 5.74) is 10.5. The Morgan fingerprint density at radius 2 is 1.79 bits per heavy atom. The van der Waals surface area contributed by atoms with Crippen molar-refractivity contribution in [1.82, 2.24) is 5.32 Å². The Morgan fingerprint density at radius 3 is 2.38 bits per heavy atom. The summed E-state index contributed by atoms with van der Waals surface area (Å²) in [6, 6.07) is 7.89.